The number of H-pyrrole nitrogens is 1. The first-order chi connectivity index (χ1) is 8.71. The number of likely N-dealkylation sites (tertiary alicyclic amines) is 1. The summed E-state index contributed by atoms with van der Waals surface area (Å²) < 4.78 is 0. The topological polar surface area (TPSA) is 89.5 Å². The predicted octanol–water partition coefficient (Wildman–Crippen LogP) is -0.989. The first-order valence-corrected chi connectivity index (χ1v) is 6.19. The second-order valence-corrected chi connectivity index (χ2v) is 5.32. The minimum absolute atomic E-state index is 0.0153. The van der Waals surface area contributed by atoms with Gasteiger partial charge in [-0.1, -0.05) is 0 Å². The summed E-state index contributed by atoms with van der Waals surface area (Å²) in [4.78, 5) is 13.8. The van der Waals surface area contributed by atoms with Crippen molar-refractivity contribution in [2.24, 2.45) is 17.3 Å². The normalized spacial score (nSPS) is 28.2. The first-order valence-electron chi connectivity index (χ1n) is 6.19. The highest BCUT2D eigenvalue weighted by Gasteiger charge is 2.67. The first kappa shape index (κ1) is 11.7. The molecule has 1 saturated carbocycles. The molecule has 2 atom stereocenters. The molecule has 3 N–H and O–H groups in total. The van der Waals surface area contributed by atoms with Crippen LogP contribution in [-0.4, -0.2) is 57.5 Å². The largest absolute Gasteiger partial charge is 0.396 e. The van der Waals surface area contributed by atoms with Crippen LogP contribution in [0.1, 0.15) is 5.69 Å². The van der Waals surface area contributed by atoms with Crippen LogP contribution in [0.2, 0.25) is 0 Å². The molecular weight excluding hydrogens is 234 g/mol. The molecule has 1 aliphatic carbocycles. The summed E-state index contributed by atoms with van der Waals surface area (Å²) in [7, 11) is 0. The molecule has 1 aliphatic heterocycles. The molecule has 0 spiro atoms. The third-order valence-electron chi connectivity index (χ3n) is 4.53. The van der Waals surface area contributed by atoms with E-state index in [0.717, 1.165) is 5.69 Å². The molecule has 0 aromatic carbocycles. The molecule has 2 fully saturated rings. The number of nitrogens with one attached hydrogen (secondary N) is 1. The summed E-state index contributed by atoms with van der Waals surface area (Å²) in [5.41, 5.74) is 0.487. The number of fused-ring (bicyclic) bond motifs is 1. The fraction of sp³-hybridized carbons (Fsp3) is 0.667. The molecular formula is C12H17N3O3. The quantitative estimate of drug-likeness (QED) is 0.641. The molecule has 98 valence electrons. The van der Waals surface area contributed by atoms with E-state index in [9.17, 15) is 15.0 Å². The zero-order chi connectivity index (χ0) is 12.8. The Balaban J connectivity index is 1.58. The van der Waals surface area contributed by atoms with Crippen molar-refractivity contribution >= 4 is 5.91 Å². The fourth-order valence-electron chi connectivity index (χ4n) is 3.22. The number of rotatable bonds is 4. The average Bonchev–Trinajstić information content (AvgIpc) is 2.85. The molecule has 1 aromatic heterocycles. The van der Waals surface area contributed by atoms with Crippen LogP contribution in [0.3, 0.4) is 0 Å². The van der Waals surface area contributed by atoms with Gasteiger partial charge in [0.05, 0.1) is 19.6 Å². The number of hydrogen-bond donors (Lipinski definition) is 3. The molecule has 6 nitrogen and oxygen atoms in total. The van der Waals surface area contributed by atoms with Crippen molar-refractivity contribution in [3.63, 3.8) is 0 Å². The number of aromatic amines is 1. The number of carbonyl (C=O) groups excluding carboxylic acids is 1. The third-order valence-corrected chi connectivity index (χ3v) is 4.53. The van der Waals surface area contributed by atoms with E-state index in [2.05, 4.69) is 10.2 Å². The van der Waals surface area contributed by atoms with Gasteiger partial charge >= 0.3 is 0 Å². The summed E-state index contributed by atoms with van der Waals surface area (Å²) in [6, 6.07) is 1.79. The zero-order valence-electron chi connectivity index (χ0n) is 10.0. The van der Waals surface area contributed by atoms with E-state index in [1.807, 2.05) is 4.90 Å². The van der Waals surface area contributed by atoms with E-state index in [-0.39, 0.29) is 36.4 Å². The van der Waals surface area contributed by atoms with Gasteiger partial charge in [-0.15, -0.1) is 0 Å². The fourth-order valence-corrected chi connectivity index (χ4v) is 3.22. The third kappa shape index (κ3) is 1.56. The smallest absolute Gasteiger partial charge is 0.228 e. The minimum atomic E-state index is -0.329. The van der Waals surface area contributed by atoms with Gasteiger partial charge in [0.2, 0.25) is 5.91 Å². The SMILES string of the molecule is O=C(Cc1ccn[nH]1)N1CC2C(C1)C2(CO)CO. The van der Waals surface area contributed by atoms with Gasteiger partial charge in [0, 0.05) is 30.4 Å². The second-order valence-electron chi connectivity index (χ2n) is 5.32. The molecule has 6 heteroatoms. The monoisotopic (exact) mass is 251 g/mol. The van der Waals surface area contributed by atoms with Crippen LogP contribution in [0, 0.1) is 17.3 Å². The van der Waals surface area contributed by atoms with E-state index in [4.69, 9.17) is 0 Å². The van der Waals surface area contributed by atoms with E-state index in [1.54, 1.807) is 12.3 Å². The summed E-state index contributed by atoms with van der Waals surface area (Å²) in [6.45, 7) is 1.33. The lowest BCUT2D eigenvalue weighted by Crippen LogP contribution is -2.37. The molecule has 2 heterocycles. The number of carbonyl (C=O) groups is 1. The van der Waals surface area contributed by atoms with Gasteiger partial charge in [-0.05, 0) is 17.9 Å². The van der Waals surface area contributed by atoms with E-state index in [1.165, 1.54) is 0 Å². The van der Waals surface area contributed by atoms with Gasteiger partial charge in [-0.3, -0.25) is 9.89 Å². The highest BCUT2D eigenvalue weighted by Crippen LogP contribution is 2.61. The van der Waals surface area contributed by atoms with Gasteiger partial charge in [-0.2, -0.15) is 5.10 Å². The molecule has 18 heavy (non-hydrogen) atoms. The highest BCUT2D eigenvalue weighted by atomic mass is 16.3. The zero-order valence-corrected chi connectivity index (χ0v) is 10.0. The van der Waals surface area contributed by atoms with Crippen molar-refractivity contribution in [1.29, 1.82) is 0 Å². The van der Waals surface area contributed by atoms with Gasteiger partial charge in [-0.25, -0.2) is 0 Å². The molecule has 0 bridgehead atoms. The number of amides is 1. The van der Waals surface area contributed by atoms with Gasteiger partial charge in [0.25, 0.3) is 0 Å². The van der Waals surface area contributed by atoms with Crippen LogP contribution < -0.4 is 0 Å². The molecule has 3 rings (SSSR count). The lowest BCUT2D eigenvalue weighted by atomic mass is 10.0. The Labute approximate surface area is 105 Å². The lowest BCUT2D eigenvalue weighted by molar-refractivity contribution is -0.130. The van der Waals surface area contributed by atoms with Crippen molar-refractivity contribution in [2.45, 2.75) is 6.42 Å². The van der Waals surface area contributed by atoms with Crippen molar-refractivity contribution in [3.05, 3.63) is 18.0 Å². The number of aromatic nitrogens is 2. The number of nitrogens with zero attached hydrogens (tertiary/aromatic N) is 2. The Bertz CT molecular complexity index is 427. The summed E-state index contributed by atoms with van der Waals surface area (Å²) >= 11 is 0. The maximum absolute atomic E-state index is 12.0. The minimum Gasteiger partial charge on any atom is -0.396 e. The van der Waals surface area contributed by atoms with E-state index < -0.39 is 0 Å². The van der Waals surface area contributed by atoms with Crippen LogP contribution in [0.5, 0.6) is 0 Å². The predicted molar refractivity (Wildman–Crippen MR) is 62.5 cm³/mol. The average molecular weight is 251 g/mol. The Kier molecular flexibility index (Phi) is 2.64. The standard InChI is InChI=1S/C12H17N3O3/c16-6-12(7-17)9-4-15(5-10(9)12)11(18)3-8-1-2-13-14-8/h1-2,9-10,16-17H,3-7H2,(H,13,14). The Morgan fingerprint density at radius 1 is 1.44 bits per heavy atom. The van der Waals surface area contributed by atoms with E-state index in [0.29, 0.717) is 19.5 Å². The molecule has 1 aromatic rings. The highest BCUT2D eigenvalue weighted by molar-refractivity contribution is 5.79. The molecule has 1 saturated heterocycles. The lowest BCUT2D eigenvalue weighted by Gasteiger charge is -2.24. The maximum Gasteiger partial charge on any atom is 0.228 e. The summed E-state index contributed by atoms with van der Waals surface area (Å²) in [5, 5.41) is 25.2. The summed E-state index contributed by atoms with van der Waals surface area (Å²) in [6.07, 6.45) is 1.97. The Hall–Kier alpha value is -1.40. The van der Waals surface area contributed by atoms with Gasteiger partial charge < -0.3 is 15.1 Å². The second kappa shape index (κ2) is 4.07. The van der Waals surface area contributed by atoms with Crippen LogP contribution in [0.15, 0.2) is 12.3 Å². The number of aliphatic hydroxyl groups excluding tert-OH is 2. The Morgan fingerprint density at radius 3 is 2.61 bits per heavy atom. The van der Waals surface area contributed by atoms with Crippen molar-refractivity contribution < 1.29 is 15.0 Å². The van der Waals surface area contributed by atoms with Crippen molar-refractivity contribution in [3.8, 4) is 0 Å². The Morgan fingerprint density at radius 2 is 2.11 bits per heavy atom. The van der Waals surface area contributed by atoms with E-state index >= 15 is 0 Å². The van der Waals surface area contributed by atoms with Crippen LogP contribution >= 0.6 is 0 Å². The van der Waals surface area contributed by atoms with Gasteiger partial charge in [0.15, 0.2) is 0 Å². The molecule has 1 amide bonds. The summed E-state index contributed by atoms with van der Waals surface area (Å²) in [5.74, 6) is 0.604. The number of aliphatic hydroxyl groups is 2. The van der Waals surface area contributed by atoms with Gasteiger partial charge in [0.1, 0.15) is 0 Å². The van der Waals surface area contributed by atoms with Crippen molar-refractivity contribution in [2.75, 3.05) is 26.3 Å². The number of hydrogen-bond acceptors (Lipinski definition) is 4. The molecule has 2 aliphatic rings. The van der Waals surface area contributed by atoms with Crippen LogP contribution in [0.4, 0.5) is 0 Å². The van der Waals surface area contributed by atoms with Crippen molar-refractivity contribution in [1.82, 2.24) is 15.1 Å². The van der Waals surface area contributed by atoms with Crippen LogP contribution in [0.25, 0.3) is 0 Å². The molecule has 0 radical (unpaired) electrons. The number of piperidine rings is 1. The maximum atomic E-state index is 12.0. The van der Waals surface area contributed by atoms with Crippen LogP contribution in [-0.2, 0) is 11.2 Å². The molecule has 2 unspecified atom stereocenters.